The van der Waals surface area contributed by atoms with Crippen molar-refractivity contribution in [2.24, 2.45) is 0 Å². The van der Waals surface area contributed by atoms with E-state index in [0.717, 1.165) is 15.6 Å². The lowest BCUT2D eigenvalue weighted by Gasteiger charge is -2.18. The van der Waals surface area contributed by atoms with Gasteiger partial charge in [0, 0.05) is 10.2 Å². The van der Waals surface area contributed by atoms with E-state index in [1.807, 2.05) is 54.6 Å². The Morgan fingerprint density at radius 2 is 1.46 bits per heavy atom. The second-order valence-corrected chi connectivity index (χ2v) is 9.44. The third kappa shape index (κ3) is 9.33. The van der Waals surface area contributed by atoms with Crippen molar-refractivity contribution in [3.63, 3.8) is 0 Å². The first kappa shape index (κ1) is 28.0. The van der Waals surface area contributed by atoms with Crippen molar-refractivity contribution in [2.75, 3.05) is 11.9 Å². The van der Waals surface area contributed by atoms with Gasteiger partial charge in [0.25, 0.3) is 0 Å². The molecule has 0 radical (unpaired) electrons. The average molecular weight is 593 g/mol. The molecule has 0 heterocycles. The lowest BCUT2D eigenvalue weighted by atomic mass is 10.1. The van der Waals surface area contributed by atoms with Crippen molar-refractivity contribution in [2.45, 2.75) is 19.1 Å². The van der Waals surface area contributed by atoms with Crippen LogP contribution in [-0.4, -0.2) is 24.5 Å². The number of benzene rings is 4. The highest BCUT2D eigenvalue weighted by Gasteiger charge is 2.22. The Bertz CT molecular complexity index is 1370. The second kappa shape index (κ2) is 14.2. The van der Waals surface area contributed by atoms with E-state index >= 15 is 0 Å². The summed E-state index contributed by atoms with van der Waals surface area (Å²) in [6, 6.07) is 28.1. The van der Waals surface area contributed by atoms with E-state index < -0.39 is 11.9 Å². The fourth-order valence-electron chi connectivity index (χ4n) is 3.54. The van der Waals surface area contributed by atoms with Crippen LogP contribution >= 0.6 is 15.9 Å². The van der Waals surface area contributed by atoms with E-state index in [2.05, 4.69) is 26.6 Å². The minimum Gasteiger partial charge on any atom is -0.457 e. The van der Waals surface area contributed by atoms with E-state index in [0.29, 0.717) is 17.2 Å². The number of amides is 2. The molecule has 9 heteroatoms. The number of halogens is 2. The number of anilines is 1. The van der Waals surface area contributed by atoms with E-state index in [-0.39, 0.29) is 31.4 Å². The third-order valence-electron chi connectivity index (χ3n) is 5.46. The number of hydrogen-bond acceptors (Lipinski definition) is 5. The van der Waals surface area contributed by atoms with E-state index in [9.17, 15) is 14.0 Å². The minimum absolute atomic E-state index is 0.0868. The lowest BCUT2D eigenvalue weighted by molar-refractivity contribution is -0.305. The standard InChI is InChI=1S/C30H26BrFN2O5/c31-23-8-4-7-22(17-23)18-29(35)34-28(20-38-37-19-21-5-2-1-3-6-21)30(36)33-25-11-15-27(16-12-25)39-26-13-9-24(32)10-14-26/h1-17,28H,18-20H2,(H,33,36)(H,34,35)/t28-/m0/s1. The first-order valence-electron chi connectivity index (χ1n) is 12.1. The van der Waals surface area contributed by atoms with Crippen LogP contribution in [0.3, 0.4) is 0 Å². The van der Waals surface area contributed by atoms with E-state index in [1.165, 1.54) is 24.3 Å². The van der Waals surface area contributed by atoms with Crippen LogP contribution in [0.2, 0.25) is 0 Å². The first-order valence-corrected chi connectivity index (χ1v) is 12.9. The summed E-state index contributed by atoms with van der Waals surface area (Å²) in [7, 11) is 0. The van der Waals surface area contributed by atoms with Crippen molar-refractivity contribution >= 4 is 33.4 Å². The van der Waals surface area contributed by atoms with Gasteiger partial charge in [-0.05, 0) is 71.8 Å². The molecule has 0 aliphatic rings. The topological polar surface area (TPSA) is 85.9 Å². The summed E-state index contributed by atoms with van der Waals surface area (Å²) in [5, 5.41) is 5.50. The lowest BCUT2D eigenvalue weighted by Crippen LogP contribution is -2.47. The van der Waals surface area contributed by atoms with Gasteiger partial charge in [0.1, 0.15) is 36.6 Å². The molecule has 0 saturated heterocycles. The van der Waals surface area contributed by atoms with Gasteiger partial charge in [-0.1, -0.05) is 58.4 Å². The Morgan fingerprint density at radius 3 is 2.15 bits per heavy atom. The highest BCUT2D eigenvalue weighted by Crippen LogP contribution is 2.23. The van der Waals surface area contributed by atoms with Gasteiger partial charge in [0.15, 0.2) is 0 Å². The molecule has 2 amide bonds. The summed E-state index contributed by atoms with van der Waals surface area (Å²) >= 11 is 3.39. The van der Waals surface area contributed by atoms with Gasteiger partial charge in [0.2, 0.25) is 11.8 Å². The SMILES string of the molecule is O=C(Cc1cccc(Br)c1)N[C@@H](COOCc1ccccc1)C(=O)Nc1ccc(Oc2ccc(F)cc2)cc1. The molecule has 39 heavy (non-hydrogen) atoms. The van der Waals surface area contributed by atoms with Crippen LogP contribution in [-0.2, 0) is 32.4 Å². The van der Waals surface area contributed by atoms with Gasteiger partial charge in [-0.25, -0.2) is 14.2 Å². The number of hydrogen-bond donors (Lipinski definition) is 2. The van der Waals surface area contributed by atoms with Crippen LogP contribution in [0, 0.1) is 5.82 Å². The Balaban J connectivity index is 1.36. The molecule has 2 N–H and O–H groups in total. The third-order valence-corrected chi connectivity index (χ3v) is 5.96. The molecule has 0 aromatic heterocycles. The zero-order valence-corrected chi connectivity index (χ0v) is 22.4. The van der Waals surface area contributed by atoms with Crippen LogP contribution in [0.5, 0.6) is 11.5 Å². The summed E-state index contributed by atoms with van der Waals surface area (Å²) in [6.45, 7) is -0.00859. The molecule has 0 saturated carbocycles. The Hall–Kier alpha value is -4.05. The zero-order chi connectivity index (χ0) is 27.5. The average Bonchev–Trinajstić information content (AvgIpc) is 2.93. The van der Waals surface area contributed by atoms with Gasteiger partial charge in [-0.15, -0.1) is 0 Å². The molecule has 1 atom stereocenters. The van der Waals surface area contributed by atoms with Gasteiger partial charge >= 0.3 is 0 Å². The molecule has 0 aliphatic heterocycles. The minimum atomic E-state index is -1.02. The molecule has 0 aliphatic carbocycles. The quantitative estimate of drug-likeness (QED) is 0.116. The summed E-state index contributed by atoms with van der Waals surface area (Å²) in [5.74, 6) is -0.186. The summed E-state index contributed by atoms with van der Waals surface area (Å²) in [4.78, 5) is 36.4. The predicted molar refractivity (Wildman–Crippen MR) is 149 cm³/mol. The van der Waals surface area contributed by atoms with Gasteiger partial charge in [0.05, 0.1) is 6.42 Å². The fraction of sp³-hybridized carbons (Fsp3) is 0.133. The maximum atomic E-state index is 13.1. The summed E-state index contributed by atoms with van der Waals surface area (Å²) < 4.78 is 19.6. The first-order chi connectivity index (χ1) is 18.9. The largest absolute Gasteiger partial charge is 0.457 e. The van der Waals surface area contributed by atoms with Crippen molar-refractivity contribution in [1.29, 1.82) is 0 Å². The van der Waals surface area contributed by atoms with Crippen LogP contribution in [0.15, 0.2) is 108 Å². The molecule has 0 unspecified atom stereocenters. The van der Waals surface area contributed by atoms with E-state index in [4.69, 9.17) is 14.5 Å². The number of nitrogens with one attached hydrogen (secondary N) is 2. The maximum Gasteiger partial charge on any atom is 0.249 e. The Labute approximate surface area is 234 Å². The van der Waals surface area contributed by atoms with Crippen LogP contribution in [0.4, 0.5) is 10.1 Å². The van der Waals surface area contributed by atoms with E-state index in [1.54, 1.807) is 24.3 Å². The summed E-state index contributed by atoms with van der Waals surface area (Å²) in [5.41, 5.74) is 2.18. The molecular formula is C30H26BrFN2O5. The van der Waals surface area contributed by atoms with Crippen molar-refractivity contribution < 1.29 is 28.5 Å². The molecule has 4 aromatic carbocycles. The fourth-order valence-corrected chi connectivity index (χ4v) is 3.98. The predicted octanol–water partition coefficient (Wildman–Crippen LogP) is 6.19. The molecule has 0 spiro atoms. The molecule has 0 fully saturated rings. The van der Waals surface area contributed by atoms with Crippen LogP contribution in [0.1, 0.15) is 11.1 Å². The van der Waals surface area contributed by atoms with Crippen molar-refractivity contribution in [3.05, 3.63) is 125 Å². The second-order valence-electron chi connectivity index (χ2n) is 8.53. The van der Waals surface area contributed by atoms with Crippen LogP contribution < -0.4 is 15.4 Å². The Morgan fingerprint density at radius 1 is 0.795 bits per heavy atom. The number of carbonyl (C=O) groups excluding carboxylic acids is 2. The molecule has 200 valence electrons. The maximum absolute atomic E-state index is 13.1. The monoisotopic (exact) mass is 592 g/mol. The van der Waals surface area contributed by atoms with Gasteiger partial charge < -0.3 is 15.4 Å². The van der Waals surface area contributed by atoms with Crippen molar-refractivity contribution in [1.82, 2.24) is 5.32 Å². The number of rotatable bonds is 12. The molecule has 4 rings (SSSR count). The van der Waals surface area contributed by atoms with Crippen molar-refractivity contribution in [3.8, 4) is 11.5 Å². The number of ether oxygens (including phenoxy) is 1. The normalized spacial score (nSPS) is 11.4. The van der Waals surface area contributed by atoms with Crippen LogP contribution in [0.25, 0.3) is 0 Å². The zero-order valence-electron chi connectivity index (χ0n) is 20.8. The highest BCUT2D eigenvalue weighted by molar-refractivity contribution is 9.10. The number of carbonyl (C=O) groups is 2. The molecule has 4 aromatic rings. The highest BCUT2D eigenvalue weighted by atomic mass is 79.9. The van der Waals surface area contributed by atoms with Gasteiger partial charge in [-0.2, -0.15) is 0 Å². The molecular weight excluding hydrogens is 567 g/mol. The molecule has 7 nitrogen and oxygen atoms in total. The van der Waals surface area contributed by atoms with Gasteiger partial charge in [-0.3, -0.25) is 9.59 Å². The molecule has 0 bridgehead atoms. The smallest absolute Gasteiger partial charge is 0.249 e. The summed E-state index contributed by atoms with van der Waals surface area (Å²) in [6.07, 6.45) is 0.0868. The Kier molecular flexibility index (Phi) is 10.2.